The van der Waals surface area contributed by atoms with Crippen LogP contribution in [0.5, 0.6) is 0 Å². The van der Waals surface area contributed by atoms with Crippen LogP contribution in [0.3, 0.4) is 0 Å². The highest BCUT2D eigenvalue weighted by Crippen LogP contribution is 2.09. The summed E-state index contributed by atoms with van der Waals surface area (Å²) >= 11 is 0. The summed E-state index contributed by atoms with van der Waals surface area (Å²) in [7, 11) is 0. The lowest BCUT2D eigenvalue weighted by molar-refractivity contribution is 0.0366. The topological polar surface area (TPSA) is 43.5 Å². The average Bonchev–Trinajstić information content (AvgIpc) is 3.07. The van der Waals surface area contributed by atoms with Crippen LogP contribution in [0.1, 0.15) is 0 Å². The molecule has 2 aliphatic rings. The lowest BCUT2D eigenvalue weighted by Crippen LogP contribution is -2.10. The zero-order valence-corrected chi connectivity index (χ0v) is 8.44. The number of rotatable bonds is 7. The molecule has 0 saturated carbocycles. The van der Waals surface area contributed by atoms with Gasteiger partial charge >= 0.3 is 0 Å². The first-order valence-electron chi connectivity index (χ1n) is 4.84. The standard InChI is InChI=1S/C8H14O4.C2H4/c1(9-3-7-5-11-7)2-10-4-8-6-12-8;1-2/h7-8H,1-6H2;1-2H2. The molecule has 0 amide bonds. The van der Waals surface area contributed by atoms with Crippen molar-refractivity contribution in [2.75, 3.05) is 39.6 Å². The van der Waals surface area contributed by atoms with E-state index in [1.54, 1.807) is 0 Å². The molecule has 82 valence electrons. The Morgan fingerprint density at radius 2 is 1.29 bits per heavy atom. The Kier molecular flexibility index (Phi) is 5.78. The zero-order valence-electron chi connectivity index (χ0n) is 8.44. The predicted molar refractivity (Wildman–Crippen MR) is 52.4 cm³/mol. The molecule has 0 N–H and O–H groups in total. The molecule has 2 atom stereocenters. The first-order valence-corrected chi connectivity index (χ1v) is 4.84. The van der Waals surface area contributed by atoms with Crippen LogP contribution < -0.4 is 0 Å². The molecule has 0 bridgehead atoms. The molecule has 2 saturated heterocycles. The van der Waals surface area contributed by atoms with Gasteiger partial charge in [-0.2, -0.15) is 0 Å². The molecule has 2 unspecified atom stereocenters. The van der Waals surface area contributed by atoms with Gasteiger partial charge in [0.2, 0.25) is 0 Å². The van der Waals surface area contributed by atoms with E-state index >= 15 is 0 Å². The number of hydrogen-bond donors (Lipinski definition) is 0. The van der Waals surface area contributed by atoms with E-state index in [2.05, 4.69) is 13.2 Å². The van der Waals surface area contributed by atoms with Crippen molar-refractivity contribution in [3.8, 4) is 0 Å². The van der Waals surface area contributed by atoms with Gasteiger partial charge in [0.15, 0.2) is 0 Å². The second kappa shape index (κ2) is 6.95. The third-order valence-electron chi connectivity index (χ3n) is 1.78. The summed E-state index contributed by atoms with van der Waals surface area (Å²) in [5, 5.41) is 0. The SMILES string of the molecule is C(COCC1CO1)OCC1CO1.C=C. The Balaban J connectivity index is 0.000000461. The van der Waals surface area contributed by atoms with Gasteiger partial charge in [0.25, 0.3) is 0 Å². The lowest BCUT2D eigenvalue weighted by Gasteiger charge is -2.02. The number of epoxide rings is 2. The highest BCUT2D eigenvalue weighted by Gasteiger charge is 2.23. The van der Waals surface area contributed by atoms with Gasteiger partial charge in [0.1, 0.15) is 12.2 Å². The molecule has 2 aliphatic heterocycles. The fourth-order valence-electron chi connectivity index (χ4n) is 0.876. The van der Waals surface area contributed by atoms with E-state index in [4.69, 9.17) is 18.9 Å². The molecule has 2 fully saturated rings. The minimum atomic E-state index is 0.358. The summed E-state index contributed by atoms with van der Waals surface area (Å²) in [6.07, 6.45) is 0.716. The van der Waals surface area contributed by atoms with Gasteiger partial charge in [-0.3, -0.25) is 0 Å². The molecular weight excluding hydrogens is 184 g/mol. The molecule has 0 aromatic rings. The maximum atomic E-state index is 5.27. The van der Waals surface area contributed by atoms with E-state index < -0.39 is 0 Å². The number of hydrogen-bond acceptors (Lipinski definition) is 4. The first-order chi connectivity index (χ1) is 6.95. The molecule has 4 nitrogen and oxygen atoms in total. The smallest absolute Gasteiger partial charge is 0.104 e. The van der Waals surface area contributed by atoms with Crippen LogP contribution in [-0.4, -0.2) is 51.8 Å². The van der Waals surface area contributed by atoms with Crippen molar-refractivity contribution in [1.82, 2.24) is 0 Å². The summed E-state index contributed by atoms with van der Waals surface area (Å²) in [4.78, 5) is 0. The molecule has 0 aromatic carbocycles. The minimum Gasteiger partial charge on any atom is -0.376 e. The second-order valence-electron chi connectivity index (χ2n) is 3.06. The highest BCUT2D eigenvalue weighted by atomic mass is 16.6. The Bertz CT molecular complexity index is 127. The van der Waals surface area contributed by atoms with Crippen LogP contribution in [-0.2, 0) is 18.9 Å². The summed E-state index contributed by atoms with van der Waals surface area (Å²) in [6.45, 7) is 10.5. The molecule has 2 rings (SSSR count). The van der Waals surface area contributed by atoms with Crippen LogP contribution in [0, 0.1) is 0 Å². The minimum absolute atomic E-state index is 0.358. The van der Waals surface area contributed by atoms with E-state index in [9.17, 15) is 0 Å². The fraction of sp³-hybridized carbons (Fsp3) is 0.800. The van der Waals surface area contributed by atoms with Crippen molar-refractivity contribution in [3.63, 3.8) is 0 Å². The van der Waals surface area contributed by atoms with Gasteiger partial charge in [-0.15, -0.1) is 13.2 Å². The summed E-state index contributed by atoms with van der Waals surface area (Å²) < 4.78 is 20.5. The molecule has 2 heterocycles. The summed E-state index contributed by atoms with van der Waals surface area (Å²) in [5.41, 5.74) is 0. The summed E-state index contributed by atoms with van der Waals surface area (Å²) in [5.74, 6) is 0. The maximum Gasteiger partial charge on any atom is 0.104 e. The van der Waals surface area contributed by atoms with Crippen molar-refractivity contribution < 1.29 is 18.9 Å². The third kappa shape index (κ3) is 6.10. The summed E-state index contributed by atoms with van der Waals surface area (Å²) in [6, 6.07) is 0. The van der Waals surface area contributed by atoms with Gasteiger partial charge in [-0.1, -0.05) is 0 Å². The van der Waals surface area contributed by atoms with Crippen molar-refractivity contribution >= 4 is 0 Å². The van der Waals surface area contributed by atoms with Crippen molar-refractivity contribution in [2.24, 2.45) is 0 Å². The van der Waals surface area contributed by atoms with Gasteiger partial charge in [-0.05, 0) is 0 Å². The number of ether oxygens (including phenoxy) is 4. The molecule has 14 heavy (non-hydrogen) atoms. The van der Waals surface area contributed by atoms with Gasteiger partial charge in [0, 0.05) is 0 Å². The quantitative estimate of drug-likeness (QED) is 0.345. The van der Waals surface area contributed by atoms with Crippen LogP contribution in [0.15, 0.2) is 13.2 Å². The second-order valence-corrected chi connectivity index (χ2v) is 3.06. The predicted octanol–water partition coefficient (Wildman–Crippen LogP) is 0.619. The van der Waals surface area contributed by atoms with E-state index in [0.717, 1.165) is 13.2 Å². The van der Waals surface area contributed by atoms with Crippen molar-refractivity contribution in [2.45, 2.75) is 12.2 Å². The van der Waals surface area contributed by atoms with Crippen LogP contribution in [0.4, 0.5) is 0 Å². The molecule has 0 aromatic heterocycles. The third-order valence-corrected chi connectivity index (χ3v) is 1.78. The fourth-order valence-corrected chi connectivity index (χ4v) is 0.876. The monoisotopic (exact) mass is 202 g/mol. The maximum absolute atomic E-state index is 5.27. The Hall–Kier alpha value is -0.420. The van der Waals surface area contributed by atoms with E-state index in [0.29, 0.717) is 38.6 Å². The molecular formula is C10H18O4. The van der Waals surface area contributed by atoms with Gasteiger partial charge in [-0.25, -0.2) is 0 Å². The van der Waals surface area contributed by atoms with Crippen LogP contribution in [0.25, 0.3) is 0 Å². The lowest BCUT2D eigenvalue weighted by atomic mass is 10.5. The Morgan fingerprint density at radius 1 is 0.929 bits per heavy atom. The van der Waals surface area contributed by atoms with Gasteiger partial charge in [0.05, 0.1) is 39.6 Å². The highest BCUT2D eigenvalue weighted by molar-refractivity contribution is 4.68. The normalized spacial score (nSPS) is 27.7. The molecule has 0 aliphatic carbocycles. The van der Waals surface area contributed by atoms with Crippen molar-refractivity contribution in [1.29, 1.82) is 0 Å². The Morgan fingerprint density at radius 3 is 1.57 bits per heavy atom. The zero-order chi connectivity index (χ0) is 10.2. The van der Waals surface area contributed by atoms with Gasteiger partial charge < -0.3 is 18.9 Å². The molecule has 0 spiro atoms. The average molecular weight is 202 g/mol. The molecule has 4 heteroatoms. The van der Waals surface area contributed by atoms with Crippen LogP contribution >= 0.6 is 0 Å². The first kappa shape index (κ1) is 11.7. The van der Waals surface area contributed by atoms with E-state index in [-0.39, 0.29) is 0 Å². The molecule has 0 radical (unpaired) electrons. The largest absolute Gasteiger partial charge is 0.376 e. The van der Waals surface area contributed by atoms with Crippen molar-refractivity contribution in [3.05, 3.63) is 13.2 Å². The van der Waals surface area contributed by atoms with E-state index in [1.165, 1.54) is 0 Å². The van der Waals surface area contributed by atoms with E-state index in [1.807, 2.05) is 0 Å². The van der Waals surface area contributed by atoms with Crippen LogP contribution in [0.2, 0.25) is 0 Å². The Labute approximate surface area is 84.8 Å².